The number of benzene rings is 4. The summed E-state index contributed by atoms with van der Waals surface area (Å²) in [6.07, 6.45) is 1.55. The number of anilines is 1. The molecule has 186 valence electrons. The lowest BCUT2D eigenvalue weighted by Gasteiger charge is -2.10. The fourth-order valence-electron chi connectivity index (χ4n) is 3.37. The summed E-state index contributed by atoms with van der Waals surface area (Å²) in [6.45, 7) is 0. The largest absolute Gasteiger partial charge is 0.457 e. The van der Waals surface area contributed by atoms with E-state index in [9.17, 15) is 9.36 Å². The molecule has 0 saturated carbocycles. The molecule has 0 aliphatic rings. The summed E-state index contributed by atoms with van der Waals surface area (Å²) in [4.78, 5) is 21.8. The van der Waals surface area contributed by atoms with Gasteiger partial charge in [0.2, 0.25) is 5.75 Å². The number of carbonyl (C=O) groups is 1. The lowest BCUT2D eigenvalue weighted by Crippen LogP contribution is -2.13. The zero-order valence-corrected chi connectivity index (χ0v) is 20.7. The lowest BCUT2D eigenvalue weighted by molar-refractivity contribution is -0.0856. The zero-order valence-electron chi connectivity index (χ0n) is 19.9. The average molecular weight is 521 g/mol. The first-order chi connectivity index (χ1) is 18.7. The molecule has 5 rings (SSSR count). The number of carbonyl (C=O) groups excluding carboxylic acids is 1. The smallest absolute Gasteiger partial charge is 0.372 e. The molecule has 9 heteroatoms. The van der Waals surface area contributed by atoms with Gasteiger partial charge in [-0.2, -0.15) is 5.26 Å². The molecule has 1 amide bonds. The predicted molar refractivity (Wildman–Crippen MR) is 143 cm³/mol. The van der Waals surface area contributed by atoms with Crippen molar-refractivity contribution >= 4 is 31.2 Å². The van der Waals surface area contributed by atoms with E-state index in [1.165, 1.54) is 0 Å². The van der Waals surface area contributed by atoms with Crippen LogP contribution < -0.4 is 14.9 Å². The van der Waals surface area contributed by atoms with Gasteiger partial charge >= 0.3 is 8.69 Å². The van der Waals surface area contributed by atoms with Crippen LogP contribution in [0.25, 0.3) is 10.9 Å². The Kier molecular flexibility index (Phi) is 9.08. The minimum atomic E-state index is -0.687. The van der Waals surface area contributed by atoms with Gasteiger partial charge in [-0.1, -0.05) is 53.2 Å². The van der Waals surface area contributed by atoms with Crippen molar-refractivity contribution in [3.8, 4) is 23.3 Å². The Morgan fingerprint density at radius 2 is 1.47 bits per heavy atom. The van der Waals surface area contributed by atoms with Crippen LogP contribution in [0.3, 0.4) is 0 Å². The Morgan fingerprint density at radius 1 is 0.816 bits per heavy atom. The van der Waals surface area contributed by atoms with Gasteiger partial charge in [0, 0.05) is 17.3 Å². The van der Waals surface area contributed by atoms with Gasteiger partial charge in [-0.15, -0.1) is 0 Å². The Balaban J connectivity index is 0.000000216. The highest BCUT2D eigenvalue weighted by molar-refractivity contribution is 7.17. The summed E-state index contributed by atoms with van der Waals surface area (Å²) in [7, 11) is -0.687. The minimum absolute atomic E-state index is 0.0626. The van der Waals surface area contributed by atoms with E-state index in [-0.39, 0.29) is 11.3 Å². The number of rotatable bonds is 7. The topological polar surface area (TPSA) is 111 Å². The number of para-hydroxylation sites is 2. The molecule has 8 nitrogen and oxygen atoms in total. The molecule has 0 aliphatic heterocycles. The van der Waals surface area contributed by atoms with Crippen molar-refractivity contribution in [3.05, 3.63) is 127 Å². The molecule has 0 fully saturated rings. The Labute approximate surface area is 220 Å². The Morgan fingerprint density at radius 3 is 2.08 bits per heavy atom. The molecule has 0 bridgehead atoms. The summed E-state index contributed by atoms with van der Waals surface area (Å²) < 4.78 is 20.6. The van der Waals surface area contributed by atoms with Crippen molar-refractivity contribution in [2.24, 2.45) is 0 Å². The molecule has 38 heavy (non-hydrogen) atoms. The minimum Gasteiger partial charge on any atom is -0.457 e. The second-order valence-electron chi connectivity index (χ2n) is 7.62. The van der Waals surface area contributed by atoms with Crippen LogP contribution in [0.5, 0.6) is 17.2 Å². The highest BCUT2D eigenvalue weighted by atomic mass is 31.1. The molecule has 0 spiro atoms. The van der Waals surface area contributed by atoms with E-state index in [0.29, 0.717) is 16.8 Å². The zero-order chi connectivity index (χ0) is 26.6. The summed E-state index contributed by atoms with van der Waals surface area (Å²) in [6, 6.07) is 34.8. The van der Waals surface area contributed by atoms with Gasteiger partial charge < -0.3 is 14.9 Å². The molecular formula is C29H20N3O5P. The molecule has 0 atom stereocenters. The molecule has 0 radical (unpaired) electrons. The van der Waals surface area contributed by atoms with E-state index in [4.69, 9.17) is 14.9 Å². The molecule has 0 saturated heterocycles. The maximum Gasteiger partial charge on any atom is 0.372 e. The van der Waals surface area contributed by atoms with E-state index in [1.54, 1.807) is 54.7 Å². The second-order valence-corrected chi connectivity index (χ2v) is 7.92. The number of aromatic nitrogens is 1. The average Bonchev–Trinajstić information content (AvgIpc) is 2.97. The fraction of sp³-hybridized carbons (Fsp3) is 0. The van der Waals surface area contributed by atoms with Crippen molar-refractivity contribution in [3.63, 3.8) is 0 Å². The monoisotopic (exact) mass is 521 g/mol. The Bertz CT molecular complexity index is 1520. The van der Waals surface area contributed by atoms with Crippen molar-refractivity contribution in [2.75, 3.05) is 5.32 Å². The maximum absolute atomic E-state index is 12.6. The van der Waals surface area contributed by atoms with Crippen LogP contribution >= 0.6 is 8.69 Å². The second kappa shape index (κ2) is 13.3. The summed E-state index contributed by atoms with van der Waals surface area (Å²) in [5.74, 6) is 1.34. The molecule has 5 aromatic rings. The van der Waals surface area contributed by atoms with Crippen LogP contribution in [0.4, 0.5) is 5.69 Å². The van der Waals surface area contributed by atoms with Gasteiger partial charge in [-0.25, -0.2) is 4.57 Å². The van der Waals surface area contributed by atoms with Crippen molar-refractivity contribution in [1.82, 2.24) is 4.98 Å². The van der Waals surface area contributed by atoms with Gasteiger partial charge in [-0.3, -0.25) is 9.78 Å². The third kappa shape index (κ3) is 6.99. The van der Waals surface area contributed by atoms with Crippen molar-refractivity contribution in [1.29, 1.82) is 5.26 Å². The quantitative estimate of drug-likeness (QED) is 0.135. The van der Waals surface area contributed by atoms with E-state index in [1.807, 2.05) is 66.7 Å². The maximum atomic E-state index is 12.6. The number of amides is 1. The van der Waals surface area contributed by atoms with Gasteiger partial charge in [0.25, 0.3) is 5.91 Å². The van der Waals surface area contributed by atoms with Crippen molar-refractivity contribution < 1.29 is 23.7 Å². The number of pyridine rings is 1. The van der Waals surface area contributed by atoms with E-state index >= 15 is 0 Å². The van der Waals surface area contributed by atoms with Gasteiger partial charge in [0.05, 0.1) is 17.2 Å². The van der Waals surface area contributed by atoms with Crippen molar-refractivity contribution in [2.45, 2.75) is 0 Å². The number of nitrogens with one attached hydrogen (secondary N) is 1. The molecule has 4 aromatic carbocycles. The van der Waals surface area contributed by atoms with Crippen LogP contribution in [0.2, 0.25) is 0 Å². The fourth-order valence-corrected chi connectivity index (χ4v) is 3.48. The summed E-state index contributed by atoms with van der Waals surface area (Å²) >= 11 is 0. The van der Waals surface area contributed by atoms with Gasteiger partial charge in [0.15, 0.2) is 0 Å². The van der Waals surface area contributed by atoms with Crippen LogP contribution in [0.15, 0.2) is 115 Å². The van der Waals surface area contributed by atoms with Crippen LogP contribution in [0.1, 0.15) is 15.9 Å². The normalized spacial score (nSPS) is 10.1. The third-order valence-corrected chi connectivity index (χ3v) is 5.25. The number of ether oxygens (including phenoxy) is 1. The van der Waals surface area contributed by atoms with Crippen LogP contribution in [0, 0.1) is 11.3 Å². The standard InChI is InChI=1S/C17H10N3O4P.C12H10O/c18-10-11-3-6-13(7-4-11)20-17(21)14-8-5-12-2-1-9-19-15(12)16(14)23-24-25-22;1-3-7-11(8-4-1)13-12-9-5-2-6-10-12/h1-9H,(H,20,21);1-10H. The molecular weight excluding hydrogens is 501 g/mol. The first-order valence-corrected chi connectivity index (χ1v) is 12.0. The first kappa shape index (κ1) is 26.0. The SMILES string of the molecule is N#Cc1ccc(NC(=O)c2ccc3cccnc3c2OOP=O)cc1.c1ccc(Oc2ccccc2)cc1. The van der Waals surface area contributed by atoms with Crippen LogP contribution in [-0.4, -0.2) is 10.9 Å². The summed E-state index contributed by atoms with van der Waals surface area (Å²) in [5.41, 5.74) is 1.57. The number of fused-ring (bicyclic) bond motifs is 1. The molecule has 1 heterocycles. The van der Waals surface area contributed by atoms with Crippen LogP contribution in [-0.2, 0) is 9.24 Å². The number of hydrogen-bond acceptors (Lipinski definition) is 7. The van der Waals surface area contributed by atoms with Gasteiger partial charge in [0.1, 0.15) is 17.0 Å². The first-order valence-electron chi connectivity index (χ1n) is 11.3. The molecule has 1 N–H and O–H groups in total. The highest BCUT2D eigenvalue weighted by Gasteiger charge is 2.18. The number of nitrogens with zero attached hydrogens (tertiary/aromatic N) is 2. The number of hydrogen-bond donors (Lipinski definition) is 1. The predicted octanol–water partition coefficient (Wildman–Crippen LogP) is 7.35. The molecule has 0 unspecified atom stereocenters. The van der Waals surface area contributed by atoms with E-state index in [0.717, 1.165) is 16.9 Å². The Hall–Kier alpha value is -5.09. The van der Waals surface area contributed by atoms with E-state index in [2.05, 4.69) is 15.0 Å². The lowest BCUT2D eigenvalue weighted by atomic mass is 10.1. The molecule has 1 aromatic heterocycles. The summed E-state index contributed by atoms with van der Waals surface area (Å²) in [5, 5.41) is 12.2. The molecule has 0 aliphatic carbocycles. The van der Waals surface area contributed by atoms with E-state index < -0.39 is 14.6 Å². The van der Waals surface area contributed by atoms with Gasteiger partial charge in [-0.05, 0) is 60.7 Å². The highest BCUT2D eigenvalue weighted by Crippen LogP contribution is 2.30. The number of nitriles is 1. The third-order valence-electron chi connectivity index (χ3n) is 5.12.